The molecule has 1 aliphatic rings. The minimum Gasteiger partial charge on any atom is -0.497 e. The zero-order chi connectivity index (χ0) is 24.6. The van der Waals surface area contributed by atoms with E-state index >= 15 is 0 Å². The Morgan fingerprint density at radius 1 is 1.06 bits per heavy atom. The average Bonchev–Trinajstić information content (AvgIpc) is 3.31. The van der Waals surface area contributed by atoms with Crippen molar-refractivity contribution >= 4 is 29.3 Å². The Balaban J connectivity index is 1.20. The van der Waals surface area contributed by atoms with Crippen molar-refractivity contribution in [3.05, 3.63) is 59.9 Å². The topological polar surface area (TPSA) is 105 Å². The molecule has 3 aromatic rings. The van der Waals surface area contributed by atoms with Gasteiger partial charge in [-0.05, 0) is 52.4 Å². The molecule has 12 heteroatoms. The van der Waals surface area contributed by atoms with Crippen molar-refractivity contribution in [2.45, 2.75) is 11.7 Å². The molecule has 1 fully saturated rings. The summed E-state index contributed by atoms with van der Waals surface area (Å²) in [6.45, 7) is 2.99. The molecule has 2 heterocycles. The number of benzene rings is 2. The largest absolute Gasteiger partial charge is 0.497 e. The van der Waals surface area contributed by atoms with Crippen LogP contribution in [0.25, 0.3) is 0 Å². The fraction of sp³-hybridized carbons (Fsp3) is 0.348. The predicted molar refractivity (Wildman–Crippen MR) is 129 cm³/mol. The summed E-state index contributed by atoms with van der Waals surface area (Å²) in [5.74, 6) is 0.489. The fourth-order valence-corrected chi connectivity index (χ4v) is 4.39. The average molecular weight is 500 g/mol. The number of piperazine rings is 1. The van der Waals surface area contributed by atoms with E-state index in [2.05, 4.69) is 20.8 Å². The Morgan fingerprint density at radius 3 is 2.46 bits per heavy atom. The highest BCUT2D eigenvalue weighted by atomic mass is 32.2. The van der Waals surface area contributed by atoms with Gasteiger partial charge in [-0.1, -0.05) is 23.9 Å². The van der Waals surface area contributed by atoms with E-state index in [0.29, 0.717) is 43.6 Å². The van der Waals surface area contributed by atoms with Crippen LogP contribution in [0, 0.1) is 5.82 Å². The molecular formula is C23H26FN7O3S. The van der Waals surface area contributed by atoms with Gasteiger partial charge in [0, 0.05) is 31.9 Å². The second-order valence-corrected chi connectivity index (χ2v) is 8.91. The highest BCUT2D eigenvalue weighted by molar-refractivity contribution is 7.99. The molecule has 10 nitrogen and oxygen atoms in total. The zero-order valence-corrected chi connectivity index (χ0v) is 20.1. The molecule has 0 unspecified atom stereocenters. The van der Waals surface area contributed by atoms with Gasteiger partial charge >= 0.3 is 0 Å². The van der Waals surface area contributed by atoms with Crippen LogP contribution in [-0.4, -0.2) is 87.4 Å². The Labute approximate surface area is 206 Å². The number of nitrogens with zero attached hydrogens (tertiary/aromatic N) is 6. The van der Waals surface area contributed by atoms with Crippen LogP contribution in [0.3, 0.4) is 0 Å². The first kappa shape index (κ1) is 24.6. The third kappa shape index (κ3) is 6.99. The van der Waals surface area contributed by atoms with Crippen LogP contribution in [0.5, 0.6) is 5.75 Å². The van der Waals surface area contributed by atoms with Gasteiger partial charge in [-0.3, -0.25) is 14.5 Å². The summed E-state index contributed by atoms with van der Waals surface area (Å²) in [6, 6.07) is 13.3. The fourth-order valence-electron chi connectivity index (χ4n) is 3.61. The number of hydrogen-bond donors (Lipinski definition) is 1. The SMILES string of the molecule is COc1ccc(Cn2nnnc2SCC(=O)N2CCN(CC(=O)Nc3ccc(F)cc3)CC2)cc1. The van der Waals surface area contributed by atoms with Crippen LogP contribution >= 0.6 is 11.8 Å². The number of rotatable bonds is 9. The lowest BCUT2D eigenvalue weighted by atomic mass is 10.2. The molecule has 184 valence electrons. The minimum atomic E-state index is -0.351. The maximum absolute atomic E-state index is 13.0. The lowest BCUT2D eigenvalue weighted by molar-refractivity contribution is -0.130. The van der Waals surface area contributed by atoms with Crippen molar-refractivity contribution in [1.29, 1.82) is 0 Å². The molecule has 0 atom stereocenters. The molecule has 35 heavy (non-hydrogen) atoms. The van der Waals surface area contributed by atoms with E-state index in [-0.39, 0.29) is 29.9 Å². The molecule has 1 saturated heterocycles. The molecular weight excluding hydrogens is 473 g/mol. The Morgan fingerprint density at radius 2 is 1.77 bits per heavy atom. The van der Waals surface area contributed by atoms with Gasteiger partial charge < -0.3 is 15.0 Å². The molecule has 0 saturated carbocycles. The van der Waals surface area contributed by atoms with Gasteiger partial charge in [0.25, 0.3) is 0 Å². The van der Waals surface area contributed by atoms with E-state index in [1.54, 1.807) is 16.7 Å². The van der Waals surface area contributed by atoms with E-state index in [9.17, 15) is 14.0 Å². The van der Waals surface area contributed by atoms with Crippen molar-refractivity contribution in [3.8, 4) is 5.75 Å². The number of halogens is 1. The number of tetrazole rings is 1. The van der Waals surface area contributed by atoms with Gasteiger partial charge in [0.2, 0.25) is 17.0 Å². The third-order valence-corrected chi connectivity index (χ3v) is 6.48. The number of hydrogen-bond acceptors (Lipinski definition) is 8. The lowest BCUT2D eigenvalue weighted by Crippen LogP contribution is -2.50. The second kappa shape index (κ2) is 11.8. The first-order valence-electron chi connectivity index (χ1n) is 11.1. The first-order valence-corrected chi connectivity index (χ1v) is 12.1. The number of methoxy groups -OCH3 is 1. The van der Waals surface area contributed by atoms with E-state index < -0.39 is 0 Å². The van der Waals surface area contributed by atoms with E-state index in [0.717, 1.165) is 11.3 Å². The maximum atomic E-state index is 13.0. The normalized spacial score (nSPS) is 14.1. The molecule has 0 bridgehead atoms. The Hall–Kier alpha value is -3.51. The Bertz CT molecular complexity index is 1130. The Kier molecular flexibility index (Phi) is 8.27. The molecule has 1 aromatic heterocycles. The van der Waals surface area contributed by atoms with Crippen molar-refractivity contribution in [3.63, 3.8) is 0 Å². The van der Waals surface area contributed by atoms with Crippen molar-refractivity contribution in [2.75, 3.05) is 50.9 Å². The van der Waals surface area contributed by atoms with Crippen molar-refractivity contribution < 1.29 is 18.7 Å². The number of amides is 2. The highest BCUT2D eigenvalue weighted by Crippen LogP contribution is 2.18. The number of nitrogens with one attached hydrogen (secondary N) is 1. The van der Waals surface area contributed by atoms with Crippen LogP contribution < -0.4 is 10.1 Å². The maximum Gasteiger partial charge on any atom is 0.238 e. The van der Waals surface area contributed by atoms with Crippen LogP contribution in [0.4, 0.5) is 10.1 Å². The molecule has 0 aliphatic carbocycles. The van der Waals surface area contributed by atoms with Gasteiger partial charge in [0.1, 0.15) is 11.6 Å². The smallest absolute Gasteiger partial charge is 0.238 e. The summed E-state index contributed by atoms with van der Waals surface area (Å²) < 4.78 is 19.8. The van der Waals surface area contributed by atoms with E-state index in [1.807, 2.05) is 29.2 Å². The van der Waals surface area contributed by atoms with Crippen LogP contribution in [0.15, 0.2) is 53.7 Å². The number of ether oxygens (including phenoxy) is 1. The highest BCUT2D eigenvalue weighted by Gasteiger charge is 2.23. The lowest BCUT2D eigenvalue weighted by Gasteiger charge is -2.34. The summed E-state index contributed by atoms with van der Waals surface area (Å²) in [6.07, 6.45) is 0. The van der Waals surface area contributed by atoms with Crippen LogP contribution in [0.2, 0.25) is 0 Å². The predicted octanol–water partition coefficient (Wildman–Crippen LogP) is 1.74. The molecule has 4 rings (SSSR count). The third-order valence-electron chi connectivity index (χ3n) is 5.54. The minimum absolute atomic E-state index is 0.00408. The summed E-state index contributed by atoms with van der Waals surface area (Å²) in [7, 11) is 1.62. The molecule has 0 spiro atoms. The van der Waals surface area contributed by atoms with Gasteiger partial charge in [-0.2, -0.15) is 0 Å². The summed E-state index contributed by atoms with van der Waals surface area (Å²) in [5, 5.41) is 15.1. The molecule has 0 radical (unpaired) electrons. The monoisotopic (exact) mass is 499 g/mol. The van der Waals surface area contributed by atoms with E-state index in [4.69, 9.17) is 4.74 Å². The summed E-state index contributed by atoms with van der Waals surface area (Å²) in [5.41, 5.74) is 1.57. The van der Waals surface area contributed by atoms with Gasteiger partial charge in [0.15, 0.2) is 0 Å². The number of thioether (sulfide) groups is 1. The summed E-state index contributed by atoms with van der Waals surface area (Å²) >= 11 is 1.30. The quantitative estimate of drug-likeness (QED) is 0.444. The molecule has 2 amide bonds. The number of aromatic nitrogens is 4. The second-order valence-electron chi connectivity index (χ2n) is 7.97. The first-order chi connectivity index (χ1) is 17.0. The number of anilines is 1. The van der Waals surface area contributed by atoms with Gasteiger partial charge in [0.05, 0.1) is 26.0 Å². The van der Waals surface area contributed by atoms with Crippen molar-refractivity contribution in [2.24, 2.45) is 0 Å². The van der Waals surface area contributed by atoms with Crippen molar-refractivity contribution in [1.82, 2.24) is 30.0 Å². The van der Waals surface area contributed by atoms with Gasteiger partial charge in [-0.15, -0.1) is 5.10 Å². The molecule has 2 aromatic carbocycles. The van der Waals surface area contributed by atoms with Crippen LogP contribution in [0.1, 0.15) is 5.56 Å². The van der Waals surface area contributed by atoms with Gasteiger partial charge in [-0.25, -0.2) is 9.07 Å². The van der Waals surface area contributed by atoms with Crippen LogP contribution in [-0.2, 0) is 16.1 Å². The summed E-state index contributed by atoms with van der Waals surface area (Å²) in [4.78, 5) is 28.7. The zero-order valence-electron chi connectivity index (χ0n) is 19.3. The van der Waals surface area contributed by atoms with E-state index in [1.165, 1.54) is 36.0 Å². The molecule has 1 N–H and O–H groups in total. The number of carbonyl (C=O) groups is 2. The number of carbonyl (C=O) groups excluding carboxylic acids is 2. The standard InChI is InChI=1S/C23H26FN7O3S/c1-34-20-8-2-17(3-9-20)14-31-23(26-27-28-31)35-16-22(33)30-12-10-29(11-13-30)15-21(32)25-19-6-4-18(24)5-7-19/h2-9H,10-16H2,1H3,(H,25,32). The molecule has 1 aliphatic heterocycles.